The van der Waals surface area contributed by atoms with E-state index in [1.165, 1.54) is 28.1 Å². The summed E-state index contributed by atoms with van der Waals surface area (Å²) in [5.74, 6) is 0.275. The van der Waals surface area contributed by atoms with Crippen molar-refractivity contribution in [1.29, 1.82) is 0 Å². The summed E-state index contributed by atoms with van der Waals surface area (Å²) in [4.78, 5) is 23.5. The van der Waals surface area contributed by atoms with Crippen molar-refractivity contribution >= 4 is 5.91 Å². The van der Waals surface area contributed by atoms with E-state index in [1.807, 2.05) is 25.1 Å². The number of benzene rings is 1. The summed E-state index contributed by atoms with van der Waals surface area (Å²) in [7, 11) is 0. The molecule has 0 spiro atoms. The Morgan fingerprint density at radius 2 is 2.08 bits per heavy atom. The molecule has 0 bridgehead atoms. The van der Waals surface area contributed by atoms with Gasteiger partial charge in [-0.25, -0.2) is 9.78 Å². The Kier molecular flexibility index (Phi) is 4.74. The van der Waals surface area contributed by atoms with Crippen LogP contribution in [0.15, 0.2) is 47.4 Å². The highest BCUT2D eigenvalue weighted by Crippen LogP contribution is 2.11. The molecule has 0 atom stereocenters. The van der Waals surface area contributed by atoms with Crippen LogP contribution in [0.5, 0.6) is 0 Å². The lowest BCUT2D eigenvalue weighted by molar-refractivity contribution is 0.0953. The molecular formula is C18H19N5O2. The first kappa shape index (κ1) is 16.6. The summed E-state index contributed by atoms with van der Waals surface area (Å²) >= 11 is 0. The lowest BCUT2D eigenvalue weighted by atomic mass is 10.1. The first-order valence-corrected chi connectivity index (χ1v) is 7.99. The third-order valence-electron chi connectivity index (χ3n) is 3.92. The molecule has 2 aromatic heterocycles. The fourth-order valence-electron chi connectivity index (χ4n) is 2.60. The minimum atomic E-state index is -0.289. The van der Waals surface area contributed by atoms with Gasteiger partial charge in [0.15, 0.2) is 5.82 Å². The summed E-state index contributed by atoms with van der Waals surface area (Å²) in [6.45, 7) is 4.38. The van der Waals surface area contributed by atoms with Crippen LogP contribution in [0.1, 0.15) is 27.2 Å². The van der Waals surface area contributed by atoms with E-state index in [2.05, 4.69) is 26.7 Å². The number of aromatic amines is 1. The van der Waals surface area contributed by atoms with Crippen molar-refractivity contribution in [3.63, 3.8) is 0 Å². The summed E-state index contributed by atoms with van der Waals surface area (Å²) in [6, 6.07) is 11.1. The highest BCUT2D eigenvalue weighted by Gasteiger charge is 2.15. The molecule has 128 valence electrons. The number of carbonyl (C=O) groups is 1. The molecule has 0 saturated carbocycles. The molecular weight excluding hydrogens is 318 g/mol. The topological polar surface area (TPSA) is 92.7 Å². The Bertz CT molecular complexity index is 938. The second kappa shape index (κ2) is 7.12. The Labute approximate surface area is 144 Å². The fourth-order valence-corrected chi connectivity index (χ4v) is 2.60. The van der Waals surface area contributed by atoms with Gasteiger partial charge in [-0.15, -0.1) is 0 Å². The molecule has 2 N–H and O–H groups in total. The number of rotatable bonds is 5. The maximum atomic E-state index is 12.4. The van der Waals surface area contributed by atoms with Gasteiger partial charge in [0, 0.05) is 12.6 Å². The van der Waals surface area contributed by atoms with Crippen LogP contribution in [-0.4, -0.2) is 32.4 Å². The second-order valence-corrected chi connectivity index (χ2v) is 5.83. The van der Waals surface area contributed by atoms with E-state index in [1.54, 1.807) is 13.0 Å². The monoisotopic (exact) mass is 337 g/mol. The summed E-state index contributed by atoms with van der Waals surface area (Å²) < 4.78 is 1.52. The van der Waals surface area contributed by atoms with E-state index >= 15 is 0 Å². The maximum absolute atomic E-state index is 12.4. The lowest BCUT2D eigenvalue weighted by Crippen LogP contribution is -2.26. The SMILES string of the molecule is Cc1cccc(CCNC(=O)c2cnn(-c3ccc(=O)[nH]n3)c2C)c1. The van der Waals surface area contributed by atoms with Crippen LogP contribution in [0.3, 0.4) is 0 Å². The number of aromatic nitrogens is 4. The predicted octanol–water partition coefficient (Wildman–Crippen LogP) is 1.54. The molecule has 1 amide bonds. The minimum absolute atomic E-state index is 0.180. The van der Waals surface area contributed by atoms with Crippen LogP contribution in [-0.2, 0) is 6.42 Å². The number of hydrogen-bond acceptors (Lipinski definition) is 4. The third kappa shape index (κ3) is 3.82. The van der Waals surface area contributed by atoms with Crippen molar-refractivity contribution < 1.29 is 4.79 Å². The molecule has 0 aliphatic carbocycles. The molecule has 1 aromatic carbocycles. The molecule has 0 aliphatic heterocycles. The largest absolute Gasteiger partial charge is 0.352 e. The van der Waals surface area contributed by atoms with Crippen LogP contribution in [0, 0.1) is 13.8 Å². The van der Waals surface area contributed by atoms with Crippen molar-refractivity contribution in [3.8, 4) is 5.82 Å². The molecule has 0 radical (unpaired) electrons. The molecule has 25 heavy (non-hydrogen) atoms. The number of aryl methyl sites for hydroxylation is 1. The minimum Gasteiger partial charge on any atom is -0.352 e. The second-order valence-electron chi connectivity index (χ2n) is 5.83. The Morgan fingerprint density at radius 3 is 2.80 bits per heavy atom. The number of H-pyrrole nitrogens is 1. The van der Waals surface area contributed by atoms with Crippen LogP contribution in [0.25, 0.3) is 5.82 Å². The zero-order valence-electron chi connectivity index (χ0n) is 14.1. The summed E-state index contributed by atoms with van der Waals surface area (Å²) in [6.07, 6.45) is 2.27. The van der Waals surface area contributed by atoms with Gasteiger partial charge in [-0.1, -0.05) is 29.8 Å². The summed E-state index contributed by atoms with van der Waals surface area (Å²) in [5.41, 5.74) is 3.24. The number of amides is 1. The first-order valence-electron chi connectivity index (χ1n) is 7.99. The van der Waals surface area contributed by atoms with Crippen LogP contribution in [0.4, 0.5) is 0 Å². The van der Waals surface area contributed by atoms with Crippen molar-refractivity contribution in [3.05, 3.63) is 75.3 Å². The van der Waals surface area contributed by atoms with E-state index < -0.39 is 0 Å². The fraction of sp³-hybridized carbons (Fsp3) is 0.222. The van der Waals surface area contributed by atoms with Gasteiger partial charge >= 0.3 is 0 Å². The van der Waals surface area contributed by atoms with Crippen molar-refractivity contribution in [2.24, 2.45) is 0 Å². The molecule has 3 rings (SSSR count). The molecule has 0 unspecified atom stereocenters. The third-order valence-corrected chi connectivity index (χ3v) is 3.92. The zero-order valence-corrected chi connectivity index (χ0v) is 14.1. The molecule has 0 saturated heterocycles. The Balaban J connectivity index is 1.66. The number of hydrogen-bond donors (Lipinski definition) is 2. The Morgan fingerprint density at radius 1 is 1.24 bits per heavy atom. The van der Waals surface area contributed by atoms with Gasteiger partial charge in [0.1, 0.15) is 0 Å². The van der Waals surface area contributed by atoms with Crippen molar-refractivity contribution in [1.82, 2.24) is 25.3 Å². The van der Waals surface area contributed by atoms with E-state index in [4.69, 9.17) is 0 Å². The van der Waals surface area contributed by atoms with Gasteiger partial charge in [0.25, 0.3) is 11.5 Å². The Hall–Kier alpha value is -3.22. The van der Waals surface area contributed by atoms with Gasteiger partial charge in [-0.2, -0.15) is 10.2 Å². The smallest absolute Gasteiger partial charge is 0.264 e. The maximum Gasteiger partial charge on any atom is 0.264 e. The highest BCUT2D eigenvalue weighted by molar-refractivity contribution is 5.95. The van der Waals surface area contributed by atoms with Crippen LogP contribution < -0.4 is 10.9 Å². The van der Waals surface area contributed by atoms with Gasteiger partial charge in [-0.3, -0.25) is 9.59 Å². The number of carbonyl (C=O) groups excluding carboxylic acids is 1. The standard InChI is InChI=1S/C18H19N5O2/c1-12-4-3-5-14(10-12)8-9-19-18(25)15-11-20-23(13(15)2)16-6-7-17(24)22-21-16/h3-7,10-11H,8-9H2,1-2H3,(H,19,25)(H,22,24). The molecule has 0 fully saturated rings. The molecule has 7 heteroatoms. The van der Waals surface area contributed by atoms with E-state index in [9.17, 15) is 9.59 Å². The van der Waals surface area contributed by atoms with Gasteiger partial charge in [0.2, 0.25) is 0 Å². The van der Waals surface area contributed by atoms with E-state index in [-0.39, 0.29) is 11.5 Å². The number of nitrogens with zero attached hydrogens (tertiary/aromatic N) is 3. The normalized spacial score (nSPS) is 10.6. The molecule has 3 aromatic rings. The molecule has 0 aliphatic rings. The quantitative estimate of drug-likeness (QED) is 0.739. The van der Waals surface area contributed by atoms with E-state index in [0.29, 0.717) is 23.6 Å². The average molecular weight is 337 g/mol. The predicted molar refractivity (Wildman–Crippen MR) is 93.9 cm³/mol. The van der Waals surface area contributed by atoms with Gasteiger partial charge in [-0.05, 0) is 31.9 Å². The first-order chi connectivity index (χ1) is 12.0. The van der Waals surface area contributed by atoms with Crippen molar-refractivity contribution in [2.75, 3.05) is 6.54 Å². The summed E-state index contributed by atoms with van der Waals surface area (Å²) in [5, 5.41) is 13.4. The highest BCUT2D eigenvalue weighted by atomic mass is 16.1. The van der Waals surface area contributed by atoms with Crippen LogP contribution >= 0.6 is 0 Å². The van der Waals surface area contributed by atoms with Gasteiger partial charge < -0.3 is 5.32 Å². The average Bonchev–Trinajstić information content (AvgIpc) is 2.97. The molecule has 2 heterocycles. The van der Waals surface area contributed by atoms with Crippen molar-refractivity contribution in [2.45, 2.75) is 20.3 Å². The number of nitrogens with one attached hydrogen (secondary N) is 2. The molecule has 7 nitrogen and oxygen atoms in total. The lowest BCUT2D eigenvalue weighted by Gasteiger charge is -2.06. The van der Waals surface area contributed by atoms with Crippen LogP contribution in [0.2, 0.25) is 0 Å². The zero-order chi connectivity index (χ0) is 17.8. The van der Waals surface area contributed by atoms with E-state index in [0.717, 1.165) is 6.42 Å². The van der Waals surface area contributed by atoms with Gasteiger partial charge in [0.05, 0.1) is 17.5 Å².